The summed E-state index contributed by atoms with van der Waals surface area (Å²) in [5, 5.41) is 7.64. The zero-order valence-corrected chi connectivity index (χ0v) is 73.8. The van der Waals surface area contributed by atoms with E-state index < -0.39 is 0 Å². The number of para-hydroxylation sites is 3. The van der Waals surface area contributed by atoms with Crippen LogP contribution in [0.15, 0.2) is 414 Å². The van der Waals surface area contributed by atoms with E-state index in [9.17, 15) is 0 Å². The molecule has 0 bridgehead atoms. The van der Waals surface area contributed by atoms with E-state index in [0.717, 1.165) is 13.4 Å². The summed E-state index contributed by atoms with van der Waals surface area (Å²) in [4.78, 5) is 0. The van der Waals surface area contributed by atoms with Gasteiger partial charge in [0, 0.05) is 73.2 Å². The highest BCUT2D eigenvalue weighted by Gasteiger charge is 2.40. The molecule has 588 valence electrons. The van der Waals surface area contributed by atoms with Crippen LogP contribution in [0.3, 0.4) is 0 Å². The molecule has 0 aliphatic heterocycles. The first-order valence-corrected chi connectivity index (χ1v) is 44.8. The molecule has 123 heavy (non-hydrogen) atoms. The van der Waals surface area contributed by atoms with E-state index in [1.165, 1.54) is 216 Å². The Labute approximate surface area is 742 Å². The summed E-state index contributed by atoms with van der Waals surface area (Å²) >= 11 is 10.9. The maximum Gasteiger partial charge on any atom is 0.0543 e. The van der Waals surface area contributed by atoms with Crippen LogP contribution in [0.2, 0.25) is 0 Å². The molecule has 0 unspecified atom stereocenters. The second kappa shape index (κ2) is 29.9. The Morgan fingerprint density at radius 1 is 0.187 bits per heavy atom. The third-order valence-corrected chi connectivity index (χ3v) is 28.0. The molecule has 3 aliphatic rings. The first kappa shape index (κ1) is 76.0. The van der Waals surface area contributed by atoms with Gasteiger partial charge >= 0.3 is 0 Å². The maximum absolute atomic E-state index is 3.63. The lowest BCUT2D eigenvalue weighted by atomic mass is 9.81. The van der Waals surface area contributed by atoms with Gasteiger partial charge in [0.25, 0.3) is 0 Å². The summed E-state index contributed by atoms with van der Waals surface area (Å²) in [7, 11) is 0. The van der Waals surface area contributed by atoms with Gasteiger partial charge in [0.05, 0.1) is 44.5 Å². The molecule has 3 aromatic heterocycles. The summed E-state index contributed by atoms with van der Waals surface area (Å²) in [5.41, 5.74) is 42.1. The van der Waals surface area contributed by atoms with E-state index in [1.807, 2.05) is 0 Å². The maximum atomic E-state index is 3.63. The van der Waals surface area contributed by atoms with Crippen molar-refractivity contribution in [2.24, 2.45) is 0 Å². The Morgan fingerprint density at radius 3 is 0.951 bits per heavy atom. The minimum atomic E-state index is -0.0902. The van der Waals surface area contributed by atoms with Crippen molar-refractivity contribution in [1.82, 2.24) is 13.7 Å². The largest absolute Gasteiger partial charge is 0.309 e. The van der Waals surface area contributed by atoms with Gasteiger partial charge < -0.3 is 13.7 Å². The molecule has 0 N–H and O–H groups in total. The van der Waals surface area contributed by atoms with Crippen LogP contribution in [0, 0.1) is 0 Å². The van der Waals surface area contributed by atoms with E-state index in [0.29, 0.717) is 0 Å². The molecule has 18 aromatic carbocycles. The Balaban J connectivity index is 0.000000110. The average Bonchev–Trinajstić information content (AvgIpc) is 1.56. The van der Waals surface area contributed by atoms with Crippen molar-refractivity contribution in [3.63, 3.8) is 0 Å². The minimum absolute atomic E-state index is 0.00451. The van der Waals surface area contributed by atoms with Gasteiger partial charge in [-0.15, -0.1) is 0 Å². The molecule has 21 aromatic rings. The standard InChI is InChI=1S/3C39H28BrN/c1-39(2)33-16-5-3-15-31(33)38-34(39)17-9-19-37(38)41-35-18-6-4-14-30(35)32-24-28(20-21-36(32)41)26-11-7-10-25(22-26)27-12-8-13-29(40)23-27;1-39(2)34-17-5-3-14-30(34)32-16-9-19-37(38(32)39)41-35-18-6-4-15-31(35)33-24-28(20-21-36(33)41)26-11-7-10-25(22-26)27-12-8-13-29(40)23-27;1-39(2)35-15-5-3-13-31(35)33-24-30(18-19-36(33)39)41-37-16-6-4-14-32(37)34-23-28(17-20-38(34)41)26-10-7-9-25(21-26)27-11-8-12-29(40)22-27/h3*3-24H,1-2H3. The molecule has 3 nitrogen and oxygen atoms in total. The van der Waals surface area contributed by atoms with Crippen molar-refractivity contribution in [1.29, 1.82) is 0 Å². The molecule has 0 saturated carbocycles. The van der Waals surface area contributed by atoms with Gasteiger partial charge in [-0.25, -0.2) is 0 Å². The van der Waals surface area contributed by atoms with Crippen LogP contribution in [-0.4, -0.2) is 13.7 Å². The van der Waals surface area contributed by atoms with Crippen molar-refractivity contribution in [2.45, 2.75) is 57.8 Å². The lowest BCUT2D eigenvalue weighted by Gasteiger charge is -2.25. The quantitative estimate of drug-likeness (QED) is 0.137. The first-order chi connectivity index (χ1) is 60.0. The SMILES string of the molecule is CC1(C)c2ccccc2-c2c(-n3c4ccccc4c4cc(-c5cccc(-c6cccc(Br)c6)c5)ccc43)cccc21.CC1(C)c2ccccc2-c2cc(-n3c4ccccc4c4cc(-c5cccc(-c6cccc(Br)c6)c5)ccc43)ccc21.CC1(C)c2ccccc2-c2cccc(-n3c4ccccc4c4cc(-c5cccc(-c6cccc(Br)c6)c5)ccc43)c21. The van der Waals surface area contributed by atoms with Crippen molar-refractivity contribution in [3.8, 4) is 117 Å². The Kier molecular flexibility index (Phi) is 18.4. The molecule has 0 atom stereocenters. The summed E-state index contributed by atoms with van der Waals surface area (Å²) in [6, 6.07) is 147. The molecule has 3 heterocycles. The highest BCUT2D eigenvalue weighted by molar-refractivity contribution is 9.11. The zero-order chi connectivity index (χ0) is 83.1. The molecule has 24 rings (SSSR count). The molecule has 0 spiro atoms. The summed E-state index contributed by atoms with van der Waals surface area (Å²) in [5.74, 6) is 0. The van der Waals surface area contributed by atoms with E-state index in [-0.39, 0.29) is 16.2 Å². The number of rotatable bonds is 9. The minimum Gasteiger partial charge on any atom is -0.309 e. The average molecular weight is 1770 g/mol. The van der Waals surface area contributed by atoms with E-state index >= 15 is 0 Å². The van der Waals surface area contributed by atoms with Crippen LogP contribution in [0.1, 0.15) is 74.9 Å². The Bertz CT molecular complexity index is 7900. The zero-order valence-electron chi connectivity index (χ0n) is 69.1. The van der Waals surface area contributed by atoms with Crippen molar-refractivity contribution in [2.75, 3.05) is 0 Å². The molecule has 0 radical (unpaired) electrons. The lowest BCUT2D eigenvalue weighted by Crippen LogP contribution is -2.17. The van der Waals surface area contributed by atoms with Crippen molar-refractivity contribution >= 4 is 113 Å². The van der Waals surface area contributed by atoms with Gasteiger partial charge in [-0.05, 0) is 261 Å². The number of nitrogens with zero attached hydrogens (tertiary/aromatic N) is 3. The Hall–Kier alpha value is -13.2. The molecule has 3 aliphatic carbocycles. The normalized spacial score (nSPS) is 13.4. The number of hydrogen-bond acceptors (Lipinski definition) is 0. The van der Waals surface area contributed by atoms with Gasteiger partial charge in [0.2, 0.25) is 0 Å². The number of aromatic nitrogens is 3. The predicted octanol–water partition coefficient (Wildman–Crippen LogP) is 33.6. The van der Waals surface area contributed by atoms with Gasteiger partial charge in [0.15, 0.2) is 0 Å². The van der Waals surface area contributed by atoms with Crippen LogP contribution in [0.25, 0.3) is 183 Å². The van der Waals surface area contributed by atoms with Gasteiger partial charge in [-0.2, -0.15) is 0 Å². The fraction of sp³-hybridized carbons (Fsp3) is 0.0769. The van der Waals surface area contributed by atoms with Gasteiger partial charge in [0.1, 0.15) is 0 Å². The van der Waals surface area contributed by atoms with Crippen LogP contribution < -0.4 is 0 Å². The fourth-order valence-corrected chi connectivity index (χ4v) is 21.9. The highest BCUT2D eigenvalue weighted by atomic mass is 79.9. The number of benzene rings is 18. The number of hydrogen-bond donors (Lipinski definition) is 0. The molecule has 6 heteroatoms. The fourth-order valence-electron chi connectivity index (χ4n) is 20.7. The van der Waals surface area contributed by atoms with Crippen molar-refractivity contribution in [3.05, 3.63) is 447 Å². The lowest BCUT2D eigenvalue weighted by molar-refractivity contribution is 0.656. The third-order valence-electron chi connectivity index (χ3n) is 26.5. The second-order valence-corrected chi connectivity index (χ2v) is 37.4. The molecule has 0 amide bonds. The van der Waals surface area contributed by atoms with E-state index in [2.05, 4.69) is 503 Å². The van der Waals surface area contributed by atoms with E-state index in [1.54, 1.807) is 0 Å². The first-order valence-electron chi connectivity index (χ1n) is 42.4. The van der Waals surface area contributed by atoms with Crippen LogP contribution in [0.4, 0.5) is 0 Å². The monoisotopic (exact) mass is 1770 g/mol. The molecular formula is C117H84Br3N3. The van der Waals surface area contributed by atoms with Crippen LogP contribution in [0.5, 0.6) is 0 Å². The smallest absolute Gasteiger partial charge is 0.0543 e. The second-order valence-electron chi connectivity index (χ2n) is 34.7. The van der Waals surface area contributed by atoms with Crippen LogP contribution >= 0.6 is 47.8 Å². The molecular weight excluding hydrogens is 1690 g/mol. The third kappa shape index (κ3) is 12.7. The van der Waals surface area contributed by atoms with Gasteiger partial charge in [-0.1, -0.05) is 356 Å². The summed E-state index contributed by atoms with van der Waals surface area (Å²) < 4.78 is 10.7. The number of fused-ring (bicyclic) bond motifs is 18. The van der Waals surface area contributed by atoms with Gasteiger partial charge in [-0.3, -0.25) is 0 Å². The van der Waals surface area contributed by atoms with E-state index in [4.69, 9.17) is 0 Å². The van der Waals surface area contributed by atoms with Crippen molar-refractivity contribution < 1.29 is 0 Å². The summed E-state index contributed by atoms with van der Waals surface area (Å²) in [6.45, 7) is 14.1. The Morgan fingerprint density at radius 2 is 0.488 bits per heavy atom. The summed E-state index contributed by atoms with van der Waals surface area (Å²) in [6.07, 6.45) is 0. The van der Waals surface area contributed by atoms with Crippen LogP contribution in [-0.2, 0) is 16.2 Å². The topological polar surface area (TPSA) is 14.8 Å². The molecule has 0 fully saturated rings. The predicted molar refractivity (Wildman–Crippen MR) is 531 cm³/mol. The molecule has 0 saturated heterocycles. The highest BCUT2D eigenvalue weighted by Crippen LogP contribution is 2.55. The number of halogens is 3.